The lowest BCUT2D eigenvalue weighted by atomic mass is 10.1. The van der Waals surface area contributed by atoms with Gasteiger partial charge in [0, 0.05) is 0 Å². The molecule has 23 heavy (non-hydrogen) atoms. The van der Waals surface area contributed by atoms with Gasteiger partial charge in [-0.1, -0.05) is 42.2 Å². The van der Waals surface area contributed by atoms with Gasteiger partial charge >= 0.3 is 0 Å². The Bertz CT molecular complexity index is 820. The van der Waals surface area contributed by atoms with Gasteiger partial charge in [-0.2, -0.15) is 0 Å². The van der Waals surface area contributed by atoms with E-state index in [1.54, 1.807) is 23.3 Å². The molecule has 0 unspecified atom stereocenters. The molecule has 1 aliphatic heterocycles. The molecule has 2 aromatic rings. The summed E-state index contributed by atoms with van der Waals surface area (Å²) in [6.45, 7) is 4.03. The molecule has 0 atom stereocenters. The Labute approximate surface area is 144 Å². The second-order valence-corrected chi connectivity index (χ2v) is 6.81. The van der Waals surface area contributed by atoms with E-state index < -0.39 is 0 Å². The van der Waals surface area contributed by atoms with Gasteiger partial charge in [0.05, 0.1) is 16.9 Å². The fourth-order valence-corrected chi connectivity index (χ4v) is 3.52. The highest BCUT2D eigenvalue weighted by Crippen LogP contribution is 2.36. The van der Waals surface area contributed by atoms with Crippen LogP contribution >= 0.6 is 24.0 Å². The topological polar surface area (TPSA) is 33.5 Å². The van der Waals surface area contributed by atoms with Crippen LogP contribution in [0.4, 0.5) is 5.69 Å². The quantitative estimate of drug-likeness (QED) is 0.590. The van der Waals surface area contributed by atoms with Crippen molar-refractivity contribution in [1.82, 2.24) is 0 Å². The summed E-state index contributed by atoms with van der Waals surface area (Å²) in [5.74, 6) is 0.657. The third-order valence-electron chi connectivity index (χ3n) is 3.66. The number of hydrogen-bond donors (Lipinski definition) is 0. The molecule has 1 saturated heterocycles. The van der Waals surface area contributed by atoms with Crippen LogP contribution in [0.15, 0.2) is 58.1 Å². The third kappa shape index (κ3) is 3.16. The number of furan rings is 1. The predicted octanol–water partition coefficient (Wildman–Crippen LogP) is 4.86. The van der Waals surface area contributed by atoms with Crippen LogP contribution in [0, 0.1) is 13.8 Å². The Hall–Kier alpha value is -2.11. The molecular formula is C18H15NO2S2. The zero-order chi connectivity index (χ0) is 16.4. The van der Waals surface area contributed by atoms with E-state index in [2.05, 4.69) is 0 Å². The standard InChI is InChI=1S/C18H15NO2S2/c1-12-6-3-9-15(13(12)2)19-17(20)16(23-18(19)22)10-4-7-14-8-5-11-21-14/h3-11H,1-2H3. The summed E-state index contributed by atoms with van der Waals surface area (Å²) in [5.41, 5.74) is 3.06. The van der Waals surface area contributed by atoms with E-state index in [4.69, 9.17) is 16.6 Å². The second kappa shape index (κ2) is 6.56. The first-order valence-corrected chi connectivity index (χ1v) is 8.35. The molecule has 1 aromatic carbocycles. The Morgan fingerprint density at radius 2 is 2.04 bits per heavy atom. The van der Waals surface area contributed by atoms with Crippen molar-refractivity contribution in [2.75, 3.05) is 4.90 Å². The number of nitrogens with zero attached hydrogens (tertiary/aromatic N) is 1. The fraction of sp³-hybridized carbons (Fsp3) is 0.111. The Kier molecular flexibility index (Phi) is 4.50. The van der Waals surface area contributed by atoms with E-state index in [1.807, 2.05) is 50.3 Å². The number of thiocarbonyl (C=S) groups is 1. The Balaban J connectivity index is 1.87. The van der Waals surface area contributed by atoms with Crippen molar-refractivity contribution >= 4 is 46.0 Å². The second-order valence-electron chi connectivity index (χ2n) is 5.13. The van der Waals surface area contributed by atoms with Crippen molar-refractivity contribution in [3.05, 3.63) is 70.5 Å². The maximum atomic E-state index is 12.7. The van der Waals surface area contributed by atoms with Crippen molar-refractivity contribution in [3.63, 3.8) is 0 Å². The normalized spacial score (nSPS) is 17.0. The van der Waals surface area contributed by atoms with Crippen molar-refractivity contribution in [3.8, 4) is 0 Å². The van der Waals surface area contributed by atoms with E-state index in [0.29, 0.717) is 9.23 Å². The number of hydrogen-bond acceptors (Lipinski definition) is 4. The summed E-state index contributed by atoms with van der Waals surface area (Å²) in [6.07, 6.45) is 6.99. The maximum absolute atomic E-state index is 12.7. The van der Waals surface area contributed by atoms with Crippen LogP contribution in [0.1, 0.15) is 16.9 Å². The molecule has 1 aromatic heterocycles. The number of anilines is 1. The Morgan fingerprint density at radius 3 is 2.78 bits per heavy atom. The smallest absolute Gasteiger partial charge is 0.270 e. The zero-order valence-electron chi connectivity index (χ0n) is 12.8. The minimum absolute atomic E-state index is 0.0854. The van der Waals surface area contributed by atoms with E-state index in [-0.39, 0.29) is 5.91 Å². The Morgan fingerprint density at radius 1 is 1.22 bits per heavy atom. The molecule has 2 heterocycles. The molecule has 0 N–H and O–H groups in total. The van der Waals surface area contributed by atoms with Gasteiger partial charge in [-0.05, 0) is 55.3 Å². The summed E-state index contributed by atoms with van der Waals surface area (Å²) >= 11 is 6.71. The van der Waals surface area contributed by atoms with Crippen LogP contribution in [-0.2, 0) is 4.79 Å². The average molecular weight is 341 g/mol. The molecule has 0 saturated carbocycles. The van der Waals surface area contributed by atoms with Crippen LogP contribution in [0.2, 0.25) is 0 Å². The lowest BCUT2D eigenvalue weighted by Crippen LogP contribution is -2.28. The van der Waals surface area contributed by atoms with Gasteiger partial charge < -0.3 is 4.42 Å². The minimum Gasteiger partial charge on any atom is -0.465 e. The van der Waals surface area contributed by atoms with Gasteiger partial charge in [0.15, 0.2) is 4.32 Å². The van der Waals surface area contributed by atoms with Crippen LogP contribution < -0.4 is 4.90 Å². The molecule has 0 spiro atoms. The van der Waals surface area contributed by atoms with Gasteiger partial charge in [0.2, 0.25) is 0 Å². The molecule has 1 aliphatic rings. The highest BCUT2D eigenvalue weighted by Gasteiger charge is 2.33. The summed E-state index contributed by atoms with van der Waals surface area (Å²) in [4.78, 5) is 14.9. The van der Waals surface area contributed by atoms with Gasteiger partial charge in [-0.25, -0.2) is 0 Å². The number of aryl methyl sites for hydroxylation is 1. The van der Waals surface area contributed by atoms with Crippen LogP contribution in [0.25, 0.3) is 6.08 Å². The molecule has 3 nitrogen and oxygen atoms in total. The lowest BCUT2D eigenvalue weighted by molar-refractivity contribution is -0.113. The molecule has 0 aliphatic carbocycles. The monoisotopic (exact) mass is 341 g/mol. The van der Waals surface area contributed by atoms with Crippen molar-refractivity contribution < 1.29 is 9.21 Å². The van der Waals surface area contributed by atoms with Crippen LogP contribution in [0.5, 0.6) is 0 Å². The number of benzene rings is 1. The summed E-state index contributed by atoms with van der Waals surface area (Å²) in [6, 6.07) is 9.56. The molecule has 5 heteroatoms. The number of carbonyl (C=O) groups excluding carboxylic acids is 1. The first-order valence-electron chi connectivity index (χ1n) is 7.12. The summed E-state index contributed by atoms with van der Waals surface area (Å²) in [7, 11) is 0. The lowest BCUT2D eigenvalue weighted by Gasteiger charge is -2.18. The summed E-state index contributed by atoms with van der Waals surface area (Å²) < 4.78 is 5.78. The summed E-state index contributed by atoms with van der Waals surface area (Å²) in [5, 5.41) is 0. The number of allylic oxidation sites excluding steroid dienone is 2. The molecule has 0 radical (unpaired) electrons. The first kappa shape index (κ1) is 15.8. The maximum Gasteiger partial charge on any atom is 0.270 e. The largest absolute Gasteiger partial charge is 0.465 e. The molecule has 1 amide bonds. The third-order valence-corrected chi connectivity index (χ3v) is 4.98. The fourth-order valence-electron chi connectivity index (χ4n) is 2.28. The van der Waals surface area contributed by atoms with E-state index >= 15 is 0 Å². The van der Waals surface area contributed by atoms with Crippen LogP contribution in [-0.4, -0.2) is 10.2 Å². The van der Waals surface area contributed by atoms with Gasteiger partial charge in [-0.15, -0.1) is 0 Å². The molecule has 0 bridgehead atoms. The van der Waals surface area contributed by atoms with Crippen molar-refractivity contribution in [2.24, 2.45) is 0 Å². The highest BCUT2D eigenvalue weighted by atomic mass is 32.2. The molecular weight excluding hydrogens is 326 g/mol. The molecule has 1 fully saturated rings. The van der Waals surface area contributed by atoms with Crippen molar-refractivity contribution in [2.45, 2.75) is 13.8 Å². The number of amides is 1. The predicted molar refractivity (Wildman–Crippen MR) is 99.4 cm³/mol. The molecule has 116 valence electrons. The number of carbonyl (C=O) groups is 1. The van der Waals surface area contributed by atoms with E-state index in [0.717, 1.165) is 22.6 Å². The van der Waals surface area contributed by atoms with Crippen LogP contribution in [0.3, 0.4) is 0 Å². The van der Waals surface area contributed by atoms with Gasteiger partial charge in [-0.3, -0.25) is 9.69 Å². The van der Waals surface area contributed by atoms with Crippen molar-refractivity contribution in [1.29, 1.82) is 0 Å². The number of rotatable bonds is 3. The van der Waals surface area contributed by atoms with E-state index in [9.17, 15) is 4.79 Å². The molecule has 3 rings (SSSR count). The van der Waals surface area contributed by atoms with Gasteiger partial charge in [0.1, 0.15) is 5.76 Å². The zero-order valence-corrected chi connectivity index (χ0v) is 14.4. The number of thioether (sulfide) groups is 1. The average Bonchev–Trinajstić information content (AvgIpc) is 3.12. The van der Waals surface area contributed by atoms with Gasteiger partial charge in [0.25, 0.3) is 5.91 Å². The first-order chi connectivity index (χ1) is 11.1. The van der Waals surface area contributed by atoms with E-state index in [1.165, 1.54) is 11.8 Å². The highest BCUT2D eigenvalue weighted by molar-refractivity contribution is 8.27. The minimum atomic E-state index is -0.0854. The SMILES string of the molecule is Cc1cccc(N2C(=O)C(=CC=Cc3ccco3)SC2=S)c1C.